The minimum Gasteiger partial charge on any atom is -0.344 e. The maximum Gasteiger partial charge on any atom is 0.239 e. The molecule has 0 bridgehead atoms. The number of rotatable bonds is 3. The fourth-order valence-corrected chi connectivity index (χ4v) is 2.28. The minimum absolute atomic E-state index is 0.0828. The molecule has 16 heavy (non-hydrogen) atoms. The van der Waals surface area contributed by atoms with Crippen molar-refractivity contribution in [3.63, 3.8) is 0 Å². The third kappa shape index (κ3) is 3.48. The van der Waals surface area contributed by atoms with E-state index in [0.717, 1.165) is 6.54 Å². The predicted molar refractivity (Wildman–Crippen MR) is 67.0 cm³/mol. The Morgan fingerprint density at radius 2 is 1.88 bits per heavy atom. The molecule has 94 valence electrons. The van der Waals surface area contributed by atoms with E-state index in [1.165, 1.54) is 25.7 Å². The van der Waals surface area contributed by atoms with Crippen molar-refractivity contribution in [1.82, 2.24) is 4.90 Å². The van der Waals surface area contributed by atoms with Crippen molar-refractivity contribution < 1.29 is 4.79 Å². The van der Waals surface area contributed by atoms with Crippen LogP contribution in [0.5, 0.6) is 0 Å². The van der Waals surface area contributed by atoms with Crippen LogP contribution in [0, 0.1) is 11.3 Å². The topological polar surface area (TPSA) is 46.3 Å². The molecule has 0 aromatic carbocycles. The van der Waals surface area contributed by atoms with Crippen LogP contribution < -0.4 is 5.73 Å². The van der Waals surface area contributed by atoms with E-state index in [4.69, 9.17) is 5.73 Å². The van der Waals surface area contributed by atoms with Gasteiger partial charge in [-0.2, -0.15) is 0 Å². The van der Waals surface area contributed by atoms with Crippen molar-refractivity contribution in [3.8, 4) is 0 Å². The Balaban J connectivity index is 2.46. The highest BCUT2D eigenvalue weighted by molar-refractivity contribution is 5.82. The third-order valence-corrected chi connectivity index (χ3v) is 3.58. The quantitative estimate of drug-likeness (QED) is 0.800. The van der Waals surface area contributed by atoms with Gasteiger partial charge in [-0.15, -0.1) is 0 Å². The zero-order valence-electron chi connectivity index (χ0n) is 11.1. The lowest BCUT2D eigenvalue weighted by Gasteiger charge is -2.31. The van der Waals surface area contributed by atoms with Crippen LogP contribution in [-0.4, -0.2) is 30.4 Å². The molecular formula is C13H26N2O. The fraction of sp³-hybridized carbons (Fsp3) is 0.923. The highest BCUT2D eigenvalue weighted by atomic mass is 16.2. The Bertz CT molecular complexity index is 239. The van der Waals surface area contributed by atoms with Crippen molar-refractivity contribution in [1.29, 1.82) is 0 Å². The second-order valence-corrected chi connectivity index (χ2v) is 6.21. The fourth-order valence-electron chi connectivity index (χ4n) is 2.28. The molecule has 3 nitrogen and oxygen atoms in total. The lowest BCUT2D eigenvalue weighted by atomic mass is 9.86. The Kier molecular flexibility index (Phi) is 4.36. The SMILES string of the molecule is CN(CC1CCCC1)C(=O)[C@@H](N)C(C)(C)C. The number of hydrogen-bond donors (Lipinski definition) is 1. The van der Waals surface area contributed by atoms with Gasteiger partial charge in [0.2, 0.25) is 5.91 Å². The molecule has 3 heteroatoms. The van der Waals surface area contributed by atoms with E-state index in [1.54, 1.807) is 0 Å². The van der Waals surface area contributed by atoms with Crippen molar-refractivity contribution in [2.24, 2.45) is 17.1 Å². The smallest absolute Gasteiger partial charge is 0.239 e. The van der Waals surface area contributed by atoms with E-state index < -0.39 is 0 Å². The van der Waals surface area contributed by atoms with Crippen LogP contribution in [0.25, 0.3) is 0 Å². The Morgan fingerprint density at radius 1 is 1.38 bits per heavy atom. The van der Waals surface area contributed by atoms with Crippen molar-refractivity contribution >= 4 is 5.91 Å². The molecule has 1 fully saturated rings. The van der Waals surface area contributed by atoms with Gasteiger partial charge < -0.3 is 10.6 Å². The first-order chi connectivity index (χ1) is 7.32. The molecule has 1 atom stereocenters. The van der Waals surface area contributed by atoms with E-state index in [1.807, 2.05) is 32.7 Å². The van der Waals surface area contributed by atoms with Crippen molar-refractivity contribution in [3.05, 3.63) is 0 Å². The Morgan fingerprint density at radius 3 is 2.31 bits per heavy atom. The van der Waals surface area contributed by atoms with E-state index in [0.29, 0.717) is 5.92 Å². The molecule has 0 saturated heterocycles. The molecule has 1 saturated carbocycles. The summed E-state index contributed by atoms with van der Waals surface area (Å²) in [4.78, 5) is 13.9. The molecule has 0 aromatic rings. The monoisotopic (exact) mass is 226 g/mol. The first-order valence-corrected chi connectivity index (χ1v) is 6.33. The summed E-state index contributed by atoms with van der Waals surface area (Å²) in [5.74, 6) is 0.778. The normalized spacial score (nSPS) is 19.8. The first-order valence-electron chi connectivity index (χ1n) is 6.33. The Hall–Kier alpha value is -0.570. The van der Waals surface area contributed by atoms with Gasteiger partial charge in [-0.3, -0.25) is 4.79 Å². The molecule has 2 N–H and O–H groups in total. The Labute approximate surface area is 99.4 Å². The second-order valence-electron chi connectivity index (χ2n) is 6.21. The molecular weight excluding hydrogens is 200 g/mol. The summed E-state index contributed by atoms with van der Waals surface area (Å²) in [5.41, 5.74) is 5.83. The maximum absolute atomic E-state index is 12.1. The van der Waals surface area contributed by atoms with Gasteiger partial charge in [-0.05, 0) is 24.2 Å². The molecule has 1 amide bonds. The predicted octanol–water partition coefficient (Wildman–Crippen LogP) is 2.01. The number of carbonyl (C=O) groups is 1. The second kappa shape index (κ2) is 5.17. The summed E-state index contributed by atoms with van der Waals surface area (Å²) in [6.45, 7) is 6.92. The summed E-state index contributed by atoms with van der Waals surface area (Å²) in [6, 6.07) is -0.390. The molecule has 1 aliphatic carbocycles. The average Bonchev–Trinajstić information content (AvgIpc) is 2.66. The van der Waals surface area contributed by atoms with Crippen LogP contribution in [0.15, 0.2) is 0 Å². The van der Waals surface area contributed by atoms with Crippen molar-refractivity contribution in [2.75, 3.05) is 13.6 Å². The number of carbonyl (C=O) groups excluding carboxylic acids is 1. The average molecular weight is 226 g/mol. The van der Waals surface area contributed by atoms with Gasteiger partial charge >= 0.3 is 0 Å². The van der Waals surface area contributed by atoms with Crippen LogP contribution in [0.3, 0.4) is 0 Å². The van der Waals surface area contributed by atoms with E-state index >= 15 is 0 Å². The molecule has 1 rings (SSSR count). The number of amides is 1. The number of hydrogen-bond acceptors (Lipinski definition) is 2. The minimum atomic E-state index is -0.390. The molecule has 0 unspecified atom stereocenters. The maximum atomic E-state index is 12.1. The molecule has 0 radical (unpaired) electrons. The van der Waals surface area contributed by atoms with Crippen LogP contribution >= 0.6 is 0 Å². The molecule has 0 aliphatic heterocycles. The van der Waals surface area contributed by atoms with Crippen LogP contribution in [-0.2, 0) is 4.79 Å². The van der Waals surface area contributed by atoms with Gasteiger partial charge in [0.05, 0.1) is 6.04 Å². The van der Waals surface area contributed by atoms with Gasteiger partial charge in [0.1, 0.15) is 0 Å². The van der Waals surface area contributed by atoms with Crippen LogP contribution in [0.1, 0.15) is 46.5 Å². The highest BCUT2D eigenvalue weighted by Gasteiger charge is 2.30. The third-order valence-electron chi connectivity index (χ3n) is 3.58. The largest absolute Gasteiger partial charge is 0.344 e. The molecule has 1 aliphatic rings. The number of nitrogens with zero attached hydrogens (tertiary/aromatic N) is 1. The standard InChI is InChI=1S/C13H26N2O/c1-13(2,3)11(14)12(16)15(4)9-10-7-5-6-8-10/h10-11H,5-9,14H2,1-4H3/t11-/m1/s1. The molecule has 0 spiro atoms. The van der Waals surface area contributed by atoms with E-state index in [9.17, 15) is 4.79 Å². The lowest BCUT2D eigenvalue weighted by Crippen LogP contribution is -2.50. The van der Waals surface area contributed by atoms with Gasteiger partial charge in [0.25, 0.3) is 0 Å². The summed E-state index contributed by atoms with van der Waals surface area (Å²) < 4.78 is 0. The van der Waals surface area contributed by atoms with E-state index in [-0.39, 0.29) is 17.4 Å². The summed E-state index contributed by atoms with van der Waals surface area (Å²) in [6.07, 6.45) is 5.17. The summed E-state index contributed by atoms with van der Waals surface area (Å²) in [5, 5.41) is 0. The lowest BCUT2D eigenvalue weighted by molar-refractivity contribution is -0.134. The zero-order chi connectivity index (χ0) is 12.3. The van der Waals surface area contributed by atoms with Crippen molar-refractivity contribution in [2.45, 2.75) is 52.5 Å². The van der Waals surface area contributed by atoms with Crippen LogP contribution in [0.2, 0.25) is 0 Å². The van der Waals surface area contributed by atoms with Gasteiger partial charge in [-0.1, -0.05) is 33.6 Å². The summed E-state index contributed by atoms with van der Waals surface area (Å²) in [7, 11) is 1.88. The first kappa shape index (κ1) is 13.5. The molecule has 0 aromatic heterocycles. The van der Waals surface area contributed by atoms with Gasteiger partial charge in [0.15, 0.2) is 0 Å². The zero-order valence-corrected chi connectivity index (χ0v) is 11.1. The van der Waals surface area contributed by atoms with Crippen LogP contribution in [0.4, 0.5) is 0 Å². The number of likely N-dealkylation sites (N-methyl/N-ethyl adjacent to an activating group) is 1. The molecule has 0 heterocycles. The van der Waals surface area contributed by atoms with E-state index in [2.05, 4.69) is 0 Å². The number of nitrogens with two attached hydrogens (primary N) is 1. The highest BCUT2D eigenvalue weighted by Crippen LogP contribution is 2.26. The summed E-state index contributed by atoms with van der Waals surface area (Å²) >= 11 is 0. The van der Waals surface area contributed by atoms with Gasteiger partial charge in [0, 0.05) is 13.6 Å². The van der Waals surface area contributed by atoms with Gasteiger partial charge in [-0.25, -0.2) is 0 Å².